The highest BCUT2D eigenvalue weighted by Crippen LogP contribution is 2.35. The van der Waals surface area contributed by atoms with Gasteiger partial charge in [0.05, 0.1) is 0 Å². The van der Waals surface area contributed by atoms with Crippen LogP contribution in [0.1, 0.15) is 18.9 Å². The summed E-state index contributed by atoms with van der Waals surface area (Å²) in [4.78, 5) is 0. The molecule has 1 atom stereocenters. The molecule has 1 aromatic rings. The maximum absolute atomic E-state index is 10.3. The molecule has 3 N–H and O–H groups in total. The highest BCUT2D eigenvalue weighted by atomic mass is 16.6. The van der Waals surface area contributed by atoms with Gasteiger partial charge in [-0.3, -0.25) is 0 Å². The third-order valence-electron chi connectivity index (χ3n) is 3.00. The van der Waals surface area contributed by atoms with E-state index in [-0.39, 0.29) is 6.54 Å². The minimum Gasteiger partial charge on any atom is -0.486 e. The largest absolute Gasteiger partial charge is 0.486 e. The lowest BCUT2D eigenvalue weighted by Gasteiger charge is -2.27. The lowest BCUT2D eigenvalue weighted by atomic mass is 9.91. The van der Waals surface area contributed by atoms with Crippen molar-refractivity contribution in [3.63, 3.8) is 0 Å². The second kappa shape index (κ2) is 4.31. The van der Waals surface area contributed by atoms with Crippen LogP contribution in [0.3, 0.4) is 0 Å². The van der Waals surface area contributed by atoms with Crippen molar-refractivity contribution in [2.45, 2.75) is 18.9 Å². The van der Waals surface area contributed by atoms with Crippen LogP contribution >= 0.6 is 0 Å². The van der Waals surface area contributed by atoms with Gasteiger partial charge in [-0.2, -0.15) is 0 Å². The quantitative estimate of drug-likeness (QED) is 0.802. The zero-order chi connectivity index (χ0) is 11.6. The van der Waals surface area contributed by atoms with E-state index in [4.69, 9.17) is 15.2 Å². The van der Waals surface area contributed by atoms with Gasteiger partial charge in [-0.15, -0.1) is 0 Å². The molecule has 0 aliphatic carbocycles. The van der Waals surface area contributed by atoms with Crippen LogP contribution in [0.4, 0.5) is 0 Å². The number of benzene rings is 1. The van der Waals surface area contributed by atoms with Crippen molar-refractivity contribution in [3.05, 3.63) is 23.8 Å². The lowest BCUT2D eigenvalue weighted by Crippen LogP contribution is -2.34. The van der Waals surface area contributed by atoms with Crippen LogP contribution < -0.4 is 15.2 Å². The first-order valence-corrected chi connectivity index (χ1v) is 5.52. The number of hydrogen-bond acceptors (Lipinski definition) is 4. The van der Waals surface area contributed by atoms with E-state index in [0.29, 0.717) is 25.4 Å². The molecule has 88 valence electrons. The molecule has 16 heavy (non-hydrogen) atoms. The predicted octanol–water partition coefficient (Wildman–Crippen LogP) is 1.01. The summed E-state index contributed by atoms with van der Waals surface area (Å²) in [5.41, 5.74) is 5.41. The van der Waals surface area contributed by atoms with E-state index in [1.54, 1.807) is 0 Å². The SMILES string of the molecule is CCC(O)(CN)c1ccc2c(c1)OCCO2. The van der Waals surface area contributed by atoms with E-state index >= 15 is 0 Å². The van der Waals surface area contributed by atoms with E-state index in [9.17, 15) is 5.11 Å². The van der Waals surface area contributed by atoms with Crippen LogP contribution in [-0.2, 0) is 5.60 Å². The molecule has 0 aromatic heterocycles. The number of fused-ring (bicyclic) bond motifs is 1. The molecule has 0 amide bonds. The normalized spacial score (nSPS) is 17.9. The molecule has 2 rings (SSSR count). The Morgan fingerprint density at radius 3 is 2.62 bits per heavy atom. The highest BCUT2D eigenvalue weighted by Gasteiger charge is 2.27. The second-order valence-electron chi connectivity index (χ2n) is 3.95. The van der Waals surface area contributed by atoms with E-state index < -0.39 is 5.60 Å². The summed E-state index contributed by atoms with van der Waals surface area (Å²) in [7, 11) is 0. The smallest absolute Gasteiger partial charge is 0.161 e. The molecule has 0 saturated heterocycles. The standard InChI is InChI=1S/C12H17NO3/c1-2-12(14,8-13)9-3-4-10-11(7-9)16-6-5-15-10/h3-4,7,14H,2,5-6,8,13H2,1H3. The zero-order valence-corrected chi connectivity index (χ0v) is 9.40. The Morgan fingerprint density at radius 1 is 1.31 bits per heavy atom. The van der Waals surface area contributed by atoms with Gasteiger partial charge in [-0.25, -0.2) is 0 Å². The maximum atomic E-state index is 10.3. The summed E-state index contributed by atoms with van der Waals surface area (Å²) in [5, 5.41) is 10.3. The summed E-state index contributed by atoms with van der Waals surface area (Å²) in [5.74, 6) is 1.41. The molecule has 1 aromatic carbocycles. The van der Waals surface area contributed by atoms with Crippen molar-refractivity contribution in [1.82, 2.24) is 0 Å². The minimum atomic E-state index is -0.976. The van der Waals surface area contributed by atoms with E-state index in [2.05, 4.69) is 0 Å². The molecule has 1 aliphatic rings. The van der Waals surface area contributed by atoms with Crippen molar-refractivity contribution in [1.29, 1.82) is 0 Å². The van der Waals surface area contributed by atoms with Crippen molar-refractivity contribution >= 4 is 0 Å². The molecule has 0 radical (unpaired) electrons. The van der Waals surface area contributed by atoms with Crippen LogP contribution in [0, 0.1) is 0 Å². The minimum absolute atomic E-state index is 0.198. The van der Waals surface area contributed by atoms with Gasteiger partial charge in [0.15, 0.2) is 11.5 Å². The first kappa shape index (κ1) is 11.2. The Hall–Kier alpha value is -1.26. The first-order chi connectivity index (χ1) is 7.69. The van der Waals surface area contributed by atoms with Gasteiger partial charge in [0.25, 0.3) is 0 Å². The Bertz CT molecular complexity index is 375. The maximum Gasteiger partial charge on any atom is 0.161 e. The Morgan fingerprint density at radius 2 is 2.00 bits per heavy atom. The average Bonchev–Trinajstić information content (AvgIpc) is 2.37. The third kappa shape index (κ3) is 1.86. The summed E-state index contributed by atoms with van der Waals surface area (Å²) >= 11 is 0. The van der Waals surface area contributed by atoms with Crippen LogP contribution in [0.25, 0.3) is 0 Å². The average molecular weight is 223 g/mol. The number of rotatable bonds is 3. The molecule has 0 spiro atoms. The van der Waals surface area contributed by atoms with Gasteiger partial charge >= 0.3 is 0 Å². The molecule has 1 heterocycles. The molecule has 0 bridgehead atoms. The first-order valence-electron chi connectivity index (χ1n) is 5.52. The van der Waals surface area contributed by atoms with Crippen molar-refractivity contribution in [3.8, 4) is 11.5 Å². The predicted molar refractivity (Wildman–Crippen MR) is 60.7 cm³/mol. The number of ether oxygens (including phenoxy) is 2. The van der Waals surface area contributed by atoms with Crippen molar-refractivity contribution in [2.24, 2.45) is 5.73 Å². The fourth-order valence-corrected chi connectivity index (χ4v) is 1.80. The highest BCUT2D eigenvalue weighted by molar-refractivity contribution is 5.45. The summed E-state index contributed by atoms with van der Waals surface area (Å²) in [6.07, 6.45) is 0.573. The number of aliphatic hydroxyl groups is 1. The molecule has 1 unspecified atom stereocenters. The number of nitrogens with two attached hydrogens (primary N) is 1. The molecule has 4 heteroatoms. The van der Waals surface area contributed by atoms with Crippen LogP contribution in [0.15, 0.2) is 18.2 Å². The Kier molecular flexibility index (Phi) is 3.03. The second-order valence-corrected chi connectivity index (χ2v) is 3.95. The van der Waals surface area contributed by atoms with Crippen molar-refractivity contribution in [2.75, 3.05) is 19.8 Å². The van der Waals surface area contributed by atoms with E-state index in [1.807, 2.05) is 25.1 Å². The Balaban J connectivity index is 2.36. The molecule has 0 saturated carbocycles. The van der Waals surface area contributed by atoms with E-state index in [0.717, 1.165) is 11.3 Å². The van der Waals surface area contributed by atoms with Gasteiger partial charge < -0.3 is 20.3 Å². The monoisotopic (exact) mass is 223 g/mol. The summed E-state index contributed by atoms with van der Waals surface area (Å²) in [6.45, 7) is 3.22. The molecular formula is C12H17NO3. The molecular weight excluding hydrogens is 206 g/mol. The zero-order valence-electron chi connectivity index (χ0n) is 9.40. The fourth-order valence-electron chi connectivity index (χ4n) is 1.80. The van der Waals surface area contributed by atoms with E-state index in [1.165, 1.54) is 0 Å². The number of hydrogen-bond donors (Lipinski definition) is 2. The van der Waals surface area contributed by atoms with Gasteiger partial charge in [0.1, 0.15) is 18.8 Å². The topological polar surface area (TPSA) is 64.7 Å². The summed E-state index contributed by atoms with van der Waals surface area (Å²) in [6, 6.07) is 5.47. The van der Waals surface area contributed by atoms with Gasteiger partial charge in [0, 0.05) is 6.54 Å². The fraction of sp³-hybridized carbons (Fsp3) is 0.500. The Labute approximate surface area is 95.0 Å². The molecule has 4 nitrogen and oxygen atoms in total. The van der Waals surface area contributed by atoms with Crippen molar-refractivity contribution < 1.29 is 14.6 Å². The summed E-state index contributed by atoms with van der Waals surface area (Å²) < 4.78 is 10.9. The third-order valence-corrected chi connectivity index (χ3v) is 3.00. The van der Waals surface area contributed by atoms with Crippen LogP contribution in [0.2, 0.25) is 0 Å². The van der Waals surface area contributed by atoms with Crippen LogP contribution in [-0.4, -0.2) is 24.9 Å². The lowest BCUT2D eigenvalue weighted by molar-refractivity contribution is 0.0412. The van der Waals surface area contributed by atoms with Crippen LogP contribution in [0.5, 0.6) is 11.5 Å². The van der Waals surface area contributed by atoms with Gasteiger partial charge in [0.2, 0.25) is 0 Å². The molecule has 1 aliphatic heterocycles. The van der Waals surface area contributed by atoms with Gasteiger partial charge in [-0.1, -0.05) is 13.0 Å². The van der Waals surface area contributed by atoms with Gasteiger partial charge in [-0.05, 0) is 24.1 Å². The molecule has 0 fully saturated rings.